The first kappa shape index (κ1) is 15.0. The molecule has 0 heterocycles. The van der Waals surface area contributed by atoms with E-state index >= 15 is 0 Å². The van der Waals surface area contributed by atoms with Crippen LogP contribution in [0.3, 0.4) is 0 Å². The number of Topliss-reactive ketones (excluding diaryl/α,β-unsaturated/α-hetero) is 1. The fourth-order valence-corrected chi connectivity index (χ4v) is 1.71. The highest BCUT2D eigenvalue weighted by Gasteiger charge is 2.23. The van der Waals surface area contributed by atoms with Gasteiger partial charge in [-0.2, -0.15) is 11.8 Å². The summed E-state index contributed by atoms with van der Waals surface area (Å²) in [6.45, 7) is 8.70. The Labute approximate surface area is 98.8 Å². The summed E-state index contributed by atoms with van der Waals surface area (Å²) in [5.74, 6) is 1.48. The maximum Gasteiger partial charge on any atom is 0.152 e. The average Bonchev–Trinajstić information content (AvgIpc) is 2.12. The summed E-state index contributed by atoms with van der Waals surface area (Å²) in [5, 5.41) is 0. The maximum atomic E-state index is 11.8. The predicted molar refractivity (Wildman–Crippen MR) is 69.6 cm³/mol. The molecule has 0 aliphatic rings. The minimum absolute atomic E-state index is 0.215. The number of ketones is 1. The third kappa shape index (κ3) is 6.21. The zero-order valence-corrected chi connectivity index (χ0v) is 11.8. The highest BCUT2D eigenvalue weighted by atomic mass is 32.2. The second-order valence-electron chi connectivity index (χ2n) is 5.22. The Morgan fingerprint density at radius 3 is 2.33 bits per heavy atom. The zero-order chi connectivity index (χ0) is 12.1. The van der Waals surface area contributed by atoms with Crippen LogP contribution < -0.4 is 0 Å². The third-order valence-corrected chi connectivity index (χ3v) is 3.37. The van der Waals surface area contributed by atoms with Gasteiger partial charge in [0, 0.05) is 11.5 Å². The van der Waals surface area contributed by atoms with Gasteiger partial charge in [0.2, 0.25) is 0 Å². The van der Waals surface area contributed by atoms with E-state index in [1.54, 1.807) is 0 Å². The lowest BCUT2D eigenvalue weighted by atomic mass is 9.90. The van der Waals surface area contributed by atoms with Crippen LogP contribution in [-0.4, -0.2) is 42.3 Å². The molecule has 0 aromatic heterocycles. The molecule has 0 aromatic rings. The van der Waals surface area contributed by atoms with E-state index in [4.69, 9.17) is 0 Å². The van der Waals surface area contributed by atoms with E-state index in [1.807, 2.05) is 39.6 Å². The fraction of sp³-hybridized carbons (Fsp3) is 0.917. The van der Waals surface area contributed by atoms with Crippen molar-refractivity contribution in [3.05, 3.63) is 0 Å². The molecular formula is C12H25NOS. The number of hydrogen-bond acceptors (Lipinski definition) is 3. The first-order valence-corrected chi connectivity index (χ1v) is 6.91. The molecule has 0 saturated heterocycles. The van der Waals surface area contributed by atoms with E-state index in [1.165, 1.54) is 0 Å². The largest absolute Gasteiger partial charge is 0.298 e. The summed E-state index contributed by atoms with van der Waals surface area (Å²) in [6.07, 6.45) is 3.27. The van der Waals surface area contributed by atoms with Crippen LogP contribution in [0.5, 0.6) is 0 Å². The van der Waals surface area contributed by atoms with Crippen molar-refractivity contribution >= 4 is 17.5 Å². The standard InChI is InChI=1S/C12H25NOS/c1-10(7-8-15-6)13(5)9-11(14)12(2,3)4/h10H,7-9H2,1-6H3. The van der Waals surface area contributed by atoms with Gasteiger partial charge in [-0.05, 0) is 32.4 Å². The highest BCUT2D eigenvalue weighted by Crippen LogP contribution is 2.16. The van der Waals surface area contributed by atoms with E-state index in [0.29, 0.717) is 18.4 Å². The van der Waals surface area contributed by atoms with Crippen LogP contribution in [0.2, 0.25) is 0 Å². The van der Waals surface area contributed by atoms with Crippen molar-refractivity contribution in [1.82, 2.24) is 4.90 Å². The quantitative estimate of drug-likeness (QED) is 0.701. The Morgan fingerprint density at radius 1 is 1.40 bits per heavy atom. The molecule has 0 radical (unpaired) electrons. The lowest BCUT2D eigenvalue weighted by Gasteiger charge is -2.27. The molecule has 1 unspecified atom stereocenters. The minimum Gasteiger partial charge on any atom is -0.298 e. The van der Waals surface area contributed by atoms with E-state index in [0.717, 1.165) is 12.2 Å². The Bertz CT molecular complexity index is 198. The number of rotatable bonds is 6. The second-order valence-corrected chi connectivity index (χ2v) is 6.20. The Morgan fingerprint density at radius 2 is 1.93 bits per heavy atom. The number of nitrogens with zero attached hydrogens (tertiary/aromatic N) is 1. The molecule has 0 aromatic carbocycles. The number of thioether (sulfide) groups is 1. The SMILES string of the molecule is CSCCC(C)N(C)CC(=O)C(C)(C)C. The van der Waals surface area contributed by atoms with Gasteiger partial charge in [-0.3, -0.25) is 9.69 Å². The molecule has 0 saturated carbocycles. The zero-order valence-electron chi connectivity index (χ0n) is 11.0. The Hall–Kier alpha value is -0.0200. The Kier molecular flexibility index (Phi) is 6.53. The van der Waals surface area contributed by atoms with Gasteiger partial charge >= 0.3 is 0 Å². The Balaban J connectivity index is 4.01. The molecule has 0 amide bonds. The fourth-order valence-electron chi connectivity index (χ4n) is 1.13. The van der Waals surface area contributed by atoms with Gasteiger partial charge in [0.05, 0.1) is 6.54 Å². The summed E-state index contributed by atoms with van der Waals surface area (Å²) in [4.78, 5) is 14.0. The summed E-state index contributed by atoms with van der Waals surface area (Å²) in [6, 6.07) is 0.490. The van der Waals surface area contributed by atoms with Crippen LogP contribution in [0, 0.1) is 5.41 Å². The van der Waals surface area contributed by atoms with Gasteiger partial charge < -0.3 is 0 Å². The van der Waals surface area contributed by atoms with Crippen LogP contribution in [0.1, 0.15) is 34.1 Å². The molecule has 90 valence electrons. The molecule has 0 fully saturated rings. The van der Waals surface area contributed by atoms with Crippen molar-refractivity contribution < 1.29 is 4.79 Å². The van der Waals surface area contributed by atoms with Crippen LogP contribution in [-0.2, 0) is 4.79 Å². The number of carbonyl (C=O) groups excluding carboxylic acids is 1. The number of carbonyl (C=O) groups is 1. The van der Waals surface area contributed by atoms with Crippen molar-refractivity contribution in [2.24, 2.45) is 5.41 Å². The number of likely N-dealkylation sites (N-methyl/N-ethyl adjacent to an activating group) is 1. The third-order valence-electron chi connectivity index (χ3n) is 2.72. The molecule has 0 aliphatic carbocycles. The first-order chi connectivity index (χ1) is 6.79. The monoisotopic (exact) mass is 231 g/mol. The summed E-state index contributed by atoms with van der Waals surface area (Å²) >= 11 is 1.86. The number of hydrogen-bond donors (Lipinski definition) is 0. The molecule has 0 aliphatic heterocycles. The normalized spacial score (nSPS) is 14.3. The topological polar surface area (TPSA) is 20.3 Å². The molecule has 0 N–H and O–H groups in total. The van der Waals surface area contributed by atoms with Crippen LogP contribution in [0.4, 0.5) is 0 Å². The van der Waals surface area contributed by atoms with Gasteiger partial charge in [-0.25, -0.2) is 0 Å². The maximum absolute atomic E-state index is 11.8. The molecule has 0 rings (SSSR count). The summed E-state index contributed by atoms with van der Waals surface area (Å²) in [7, 11) is 2.04. The van der Waals surface area contributed by atoms with Gasteiger partial charge in [0.15, 0.2) is 5.78 Å². The second kappa shape index (κ2) is 6.54. The minimum atomic E-state index is -0.215. The van der Waals surface area contributed by atoms with Crippen molar-refractivity contribution in [3.8, 4) is 0 Å². The van der Waals surface area contributed by atoms with E-state index in [2.05, 4.69) is 18.1 Å². The van der Waals surface area contributed by atoms with Crippen LogP contribution >= 0.6 is 11.8 Å². The van der Waals surface area contributed by atoms with Gasteiger partial charge in [-0.1, -0.05) is 20.8 Å². The summed E-state index contributed by atoms with van der Waals surface area (Å²) < 4.78 is 0. The molecular weight excluding hydrogens is 206 g/mol. The molecule has 1 atom stereocenters. The molecule has 15 heavy (non-hydrogen) atoms. The van der Waals surface area contributed by atoms with E-state index in [9.17, 15) is 4.79 Å². The predicted octanol–water partition coefficient (Wildman–Crippen LogP) is 2.68. The molecule has 0 spiro atoms. The summed E-state index contributed by atoms with van der Waals surface area (Å²) in [5.41, 5.74) is -0.215. The van der Waals surface area contributed by atoms with Gasteiger partial charge in [0.25, 0.3) is 0 Å². The lowest BCUT2D eigenvalue weighted by Crippen LogP contribution is -2.38. The van der Waals surface area contributed by atoms with Crippen LogP contribution in [0.15, 0.2) is 0 Å². The average molecular weight is 231 g/mol. The molecule has 2 nitrogen and oxygen atoms in total. The first-order valence-electron chi connectivity index (χ1n) is 5.51. The van der Waals surface area contributed by atoms with Crippen molar-refractivity contribution in [3.63, 3.8) is 0 Å². The van der Waals surface area contributed by atoms with E-state index in [-0.39, 0.29) is 5.41 Å². The van der Waals surface area contributed by atoms with Crippen molar-refractivity contribution in [1.29, 1.82) is 0 Å². The van der Waals surface area contributed by atoms with Gasteiger partial charge in [-0.15, -0.1) is 0 Å². The molecule has 3 heteroatoms. The smallest absolute Gasteiger partial charge is 0.152 e. The lowest BCUT2D eigenvalue weighted by molar-refractivity contribution is -0.127. The van der Waals surface area contributed by atoms with E-state index < -0.39 is 0 Å². The van der Waals surface area contributed by atoms with Gasteiger partial charge in [0.1, 0.15) is 0 Å². The van der Waals surface area contributed by atoms with Crippen molar-refractivity contribution in [2.45, 2.75) is 40.2 Å². The van der Waals surface area contributed by atoms with Crippen LogP contribution in [0.25, 0.3) is 0 Å². The van der Waals surface area contributed by atoms with Crippen molar-refractivity contribution in [2.75, 3.05) is 25.6 Å². The highest BCUT2D eigenvalue weighted by molar-refractivity contribution is 7.98. The molecule has 0 bridgehead atoms.